The number of aryl methyl sites for hydroxylation is 1. The molecule has 1 unspecified atom stereocenters. The molecule has 100 valence electrons. The molecule has 2 aromatic carbocycles. The Bertz CT molecular complexity index is 555. The Morgan fingerprint density at radius 3 is 2.42 bits per heavy atom. The first-order chi connectivity index (χ1) is 9.06. The van der Waals surface area contributed by atoms with Crippen LogP contribution in [0.1, 0.15) is 17.2 Å². The monoisotopic (exact) mass is 263 g/mol. The van der Waals surface area contributed by atoms with Crippen molar-refractivity contribution < 1.29 is 13.5 Å². The second kappa shape index (κ2) is 5.80. The van der Waals surface area contributed by atoms with Gasteiger partial charge in [0.15, 0.2) is 0 Å². The molecule has 0 bridgehead atoms. The second-order valence-corrected chi connectivity index (χ2v) is 4.38. The van der Waals surface area contributed by atoms with Crippen molar-refractivity contribution in [1.82, 2.24) is 0 Å². The van der Waals surface area contributed by atoms with Crippen LogP contribution in [-0.4, -0.2) is 6.61 Å². The van der Waals surface area contributed by atoms with E-state index < -0.39 is 0 Å². The fourth-order valence-electron chi connectivity index (χ4n) is 1.66. The molecule has 19 heavy (non-hydrogen) atoms. The van der Waals surface area contributed by atoms with E-state index >= 15 is 0 Å². The molecule has 0 aliphatic carbocycles. The molecular weight excluding hydrogens is 248 g/mol. The summed E-state index contributed by atoms with van der Waals surface area (Å²) in [5, 5.41) is 0. The van der Waals surface area contributed by atoms with Gasteiger partial charge in [0, 0.05) is 6.07 Å². The van der Waals surface area contributed by atoms with E-state index in [0.717, 1.165) is 5.56 Å². The van der Waals surface area contributed by atoms with Crippen molar-refractivity contribution in [3.8, 4) is 5.75 Å². The van der Waals surface area contributed by atoms with Crippen molar-refractivity contribution in [1.29, 1.82) is 0 Å². The zero-order chi connectivity index (χ0) is 13.8. The van der Waals surface area contributed by atoms with Crippen LogP contribution in [0.5, 0.6) is 5.75 Å². The molecule has 0 saturated carbocycles. The highest BCUT2D eigenvalue weighted by Crippen LogP contribution is 2.18. The minimum absolute atomic E-state index is 0.203. The van der Waals surface area contributed by atoms with Crippen molar-refractivity contribution in [2.45, 2.75) is 13.0 Å². The van der Waals surface area contributed by atoms with Gasteiger partial charge in [-0.25, -0.2) is 8.78 Å². The van der Waals surface area contributed by atoms with Crippen molar-refractivity contribution in [3.63, 3.8) is 0 Å². The van der Waals surface area contributed by atoms with Gasteiger partial charge in [-0.3, -0.25) is 0 Å². The topological polar surface area (TPSA) is 35.2 Å². The van der Waals surface area contributed by atoms with Gasteiger partial charge < -0.3 is 10.5 Å². The first-order valence-electron chi connectivity index (χ1n) is 5.96. The number of ether oxygens (including phenoxy) is 1. The van der Waals surface area contributed by atoms with Crippen LogP contribution in [0.25, 0.3) is 0 Å². The average Bonchev–Trinajstić information content (AvgIpc) is 2.40. The number of hydrogen-bond acceptors (Lipinski definition) is 2. The molecule has 4 heteroatoms. The SMILES string of the molecule is Cc1ccc(OCC(N)c2ccc(F)cc2)cc1F. The van der Waals surface area contributed by atoms with E-state index in [-0.39, 0.29) is 24.3 Å². The van der Waals surface area contributed by atoms with Gasteiger partial charge in [-0.15, -0.1) is 0 Å². The highest BCUT2D eigenvalue weighted by molar-refractivity contribution is 5.28. The lowest BCUT2D eigenvalue weighted by molar-refractivity contribution is 0.289. The zero-order valence-corrected chi connectivity index (χ0v) is 10.6. The summed E-state index contributed by atoms with van der Waals surface area (Å²) < 4.78 is 31.5. The Kier molecular flexibility index (Phi) is 4.12. The van der Waals surface area contributed by atoms with Gasteiger partial charge in [0.05, 0.1) is 6.04 Å². The minimum Gasteiger partial charge on any atom is -0.492 e. The van der Waals surface area contributed by atoms with Crippen LogP contribution in [-0.2, 0) is 0 Å². The first-order valence-corrected chi connectivity index (χ1v) is 5.96. The molecule has 0 saturated heterocycles. The number of nitrogens with two attached hydrogens (primary N) is 1. The zero-order valence-electron chi connectivity index (χ0n) is 10.6. The van der Waals surface area contributed by atoms with Gasteiger partial charge in [-0.2, -0.15) is 0 Å². The molecule has 0 fully saturated rings. The third kappa shape index (κ3) is 3.51. The van der Waals surface area contributed by atoms with Gasteiger partial charge in [0.25, 0.3) is 0 Å². The molecule has 2 aromatic rings. The van der Waals surface area contributed by atoms with Crippen LogP contribution < -0.4 is 10.5 Å². The number of halogens is 2. The standard InChI is InChI=1S/C15H15F2NO/c1-10-2-7-13(8-14(10)17)19-9-15(18)11-3-5-12(16)6-4-11/h2-8,15H,9,18H2,1H3. The van der Waals surface area contributed by atoms with Crippen molar-refractivity contribution in [3.05, 3.63) is 65.2 Å². The van der Waals surface area contributed by atoms with Gasteiger partial charge in [-0.1, -0.05) is 18.2 Å². The van der Waals surface area contributed by atoms with Crippen LogP contribution in [0.15, 0.2) is 42.5 Å². The summed E-state index contributed by atoms with van der Waals surface area (Å²) in [5.74, 6) is -0.189. The van der Waals surface area contributed by atoms with Crippen molar-refractivity contribution in [2.24, 2.45) is 5.73 Å². The highest BCUT2D eigenvalue weighted by Gasteiger charge is 2.08. The summed E-state index contributed by atoms with van der Waals surface area (Å²) in [7, 11) is 0. The maximum atomic E-state index is 13.3. The van der Waals surface area contributed by atoms with E-state index in [9.17, 15) is 8.78 Å². The Hall–Kier alpha value is -1.94. The summed E-state index contributed by atoms with van der Waals surface area (Å²) in [6.45, 7) is 1.89. The molecule has 2 N–H and O–H groups in total. The van der Waals surface area contributed by atoms with Crippen molar-refractivity contribution >= 4 is 0 Å². The molecule has 0 amide bonds. The van der Waals surface area contributed by atoms with Gasteiger partial charge in [0.2, 0.25) is 0 Å². The molecule has 0 aliphatic heterocycles. The van der Waals surface area contributed by atoms with Crippen LogP contribution in [0.3, 0.4) is 0 Å². The molecule has 0 heterocycles. The summed E-state index contributed by atoms with van der Waals surface area (Å²) in [6.07, 6.45) is 0. The lowest BCUT2D eigenvalue weighted by Crippen LogP contribution is -2.19. The largest absolute Gasteiger partial charge is 0.492 e. The average molecular weight is 263 g/mol. The maximum absolute atomic E-state index is 13.3. The molecule has 0 radical (unpaired) electrons. The van der Waals surface area contributed by atoms with Crippen molar-refractivity contribution in [2.75, 3.05) is 6.61 Å². The number of rotatable bonds is 4. The van der Waals surface area contributed by atoms with Gasteiger partial charge >= 0.3 is 0 Å². The van der Waals surface area contributed by atoms with Crippen LogP contribution in [0.2, 0.25) is 0 Å². The number of hydrogen-bond donors (Lipinski definition) is 1. The smallest absolute Gasteiger partial charge is 0.129 e. The first kappa shape index (κ1) is 13.5. The minimum atomic E-state index is -0.384. The lowest BCUT2D eigenvalue weighted by Gasteiger charge is -2.14. The van der Waals surface area contributed by atoms with Gasteiger partial charge in [-0.05, 0) is 36.2 Å². The molecule has 2 rings (SSSR count). The molecule has 1 atom stereocenters. The Labute approximate surface area is 110 Å². The van der Waals surface area contributed by atoms with E-state index in [1.54, 1.807) is 31.2 Å². The van der Waals surface area contributed by atoms with E-state index in [4.69, 9.17) is 10.5 Å². The third-order valence-electron chi connectivity index (χ3n) is 2.87. The van der Waals surface area contributed by atoms with E-state index in [2.05, 4.69) is 0 Å². The summed E-state index contributed by atoms with van der Waals surface area (Å²) in [5.41, 5.74) is 7.26. The molecule has 0 aromatic heterocycles. The molecule has 0 aliphatic rings. The molecule has 0 spiro atoms. The summed E-state index contributed by atoms with van der Waals surface area (Å²) in [6, 6.07) is 10.2. The second-order valence-electron chi connectivity index (χ2n) is 4.38. The highest BCUT2D eigenvalue weighted by atomic mass is 19.1. The maximum Gasteiger partial charge on any atom is 0.129 e. The Morgan fingerprint density at radius 1 is 1.11 bits per heavy atom. The molecule has 2 nitrogen and oxygen atoms in total. The fraction of sp³-hybridized carbons (Fsp3) is 0.200. The van der Waals surface area contributed by atoms with Gasteiger partial charge in [0.1, 0.15) is 24.0 Å². The van der Waals surface area contributed by atoms with Crippen LogP contribution >= 0.6 is 0 Å². The predicted octanol–water partition coefficient (Wildman–Crippen LogP) is 3.35. The Morgan fingerprint density at radius 2 is 1.79 bits per heavy atom. The lowest BCUT2D eigenvalue weighted by atomic mass is 10.1. The van der Waals surface area contributed by atoms with Crippen LogP contribution in [0, 0.1) is 18.6 Å². The normalized spacial score (nSPS) is 12.2. The third-order valence-corrected chi connectivity index (χ3v) is 2.87. The van der Waals surface area contributed by atoms with E-state index in [0.29, 0.717) is 11.3 Å². The summed E-state index contributed by atoms with van der Waals surface area (Å²) in [4.78, 5) is 0. The van der Waals surface area contributed by atoms with E-state index in [1.807, 2.05) is 0 Å². The Balaban J connectivity index is 1.98. The fourth-order valence-corrected chi connectivity index (χ4v) is 1.66. The van der Waals surface area contributed by atoms with Crippen LogP contribution in [0.4, 0.5) is 8.78 Å². The predicted molar refractivity (Wildman–Crippen MR) is 70.0 cm³/mol. The number of benzene rings is 2. The van der Waals surface area contributed by atoms with E-state index in [1.165, 1.54) is 18.2 Å². The quantitative estimate of drug-likeness (QED) is 0.918. The molecular formula is C15H15F2NO. The summed E-state index contributed by atoms with van der Waals surface area (Å²) >= 11 is 0.